The lowest BCUT2D eigenvalue weighted by Crippen LogP contribution is -2.32. The molecule has 1 aliphatic heterocycles. The number of hydrogen-bond donors (Lipinski definition) is 0. The van der Waals surface area contributed by atoms with Gasteiger partial charge >= 0.3 is 0 Å². The Bertz CT molecular complexity index is 2750. The monoisotopic (exact) mass is 678 g/mol. The van der Waals surface area contributed by atoms with E-state index in [0.29, 0.717) is 5.82 Å². The minimum absolute atomic E-state index is 0.569. The van der Waals surface area contributed by atoms with Crippen LogP contribution in [0.2, 0.25) is 0 Å². The molecular weight excluding hydrogens is 649 g/mol. The third-order valence-corrected chi connectivity index (χ3v) is 10.9. The highest BCUT2D eigenvalue weighted by Gasteiger charge is 2.51. The summed E-state index contributed by atoms with van der Waals surface area (Å²) in [6.07, 6.45) is 1.82. The normalized spacial score (nSPS) is 13.2. The zero-order valence-corrected chi connectivity index (χ0v) is 28.5. The number of ether oxygens (including phenoxy) is 1. The van der Waals surface area contributed by atoms with Gasteiger partial charge in [-0.1, -0.05) is 146 Å². The van der Waals surface area contributed by atoms with Crippen LogP contribution in [0.4, 0.5) is 0 Å². The third-order valence-electron chi connectivity index (χ3n) is 10.9. The van der Waals surface area contributed by atoms with Crippen molar-refractivity contribution in [3.05, 3.63) is 204 Å². The van der Waals surface area contributed by atoms with Crippen molar-refractivity contribution < 1.29 is 9.15 Å². The number of fused-ring (bicyclic) bond motifs is 11. The lowest BCUT2D eigenvalue weighted by Gasteiger charge is -2.39. The Kier molecular flexibility index (Phi) is 6.43. The molecule has 1 aliphatic carbocycles. The standard InChI is InChI=1S/C49H30N2O2/c1-3-13-32(14-4-1)42-30-43(51-48(50-42)34-15-5-2-6-16-34)33-25-23-31(24-26-33)37-29-41-46(36-27-28-52-47(36)37)35-17-7-8-18-38(35)49(41)39-19-9-11-21-44(39)53-45-22-12-10-20-40(45)49/h1-30H. The maximum Gasteiger partial charge on any atom is 0.160 e. The molecule has 0 saturated heterocycles. The first-order valence-corrected chi connectivity index (χ1v) is 17.9. The Labute approximate surface area is 306 Å². The van der Waals surface area contributed by atoms with Gasteiger partial charge in [0.25, 0.3) is 0 Å². The van der Waals surface area contributed by atoms with Crippen molar-refractivity contribution in [1.29, 1.82) is 0 Å². The number of nitrogens with zero attached hydrogens (tertiary/aromatic N) is 2. The molecule has 0 saturated carbocycles. The lowest BCUT2D eigenvalue weighted by molar-refractivity contribution is 0.436. The van der Waals surface area contributed by atoms with Gasteiger partial charge in [-0.05, 0) is 58.1 Å². The molecule has 0 amide bonds. The van der Waals surface area contributed by atoms with Crippen LogP contribution in [0.5, 0.6) is 11.5 Å². The first-order chi connectivity index (χ1) is 26.3. The molecule has 1 spiro atoms. The first kappa shape index (κ1) is 29.7. The molecule has 3 heterocycles. The van der Waals surface area contributed by atoms with E-state index < -0.39 is 5.41 Å². The Morgan fingerprint density at radius 2 is 0.962 bits per heavy atom. The second kappa shape index (κ2) is 11.5. The van der Waals surface area contributed by atoms with Crippen molar-refractivity contribution >= 4 is 11.0 Å². The minimum atomic E-state index is -0.569. The lowest BCUT2D eigenvalue weighted by atomic mass is 9.66. The van der Waals surface area contributed by atoms with E-state index >= 15 is 0 Å². The molecule has 11 rings (SSSR count). The highest BCUT2D eigenvalue weighted by atomic mass is 16.5. The molecule has 7 aromatic carbocycles. The Balaban J connectivity index is 1.11. The van der Waals surface area contributed by atoms with E-state index in [1.807, 2.05) is 42.7 Å². The number of rotatable bonds is 4. The van der Waals surface area contributed by atoms with Gasteiger partial charge in [-0.3, -0.25) is 0 Å². The van der Waals surface area contributed by atoms with Gasteiger partial charge < -0.3 is 9.15 Å². The predicted molar refractivity (Wildman–Crippen MR) is 211 cm³/mol. The van der Waals surface area contributed by atoms with Crippen molar-refractivity contribution in [2.75, 3.05) is 0 Å². The van der Waals surface area contributed by atoms with Crippen molar-refractivity contribution in [1.82, 2.24) is 9.97 Å². The molecule has 0 radical (unpaired) electrons. The van der Waals surface area contributed by atoms with Crippen LogP contribution < -0.4 is 4.74 Å². The highest BCUT2D eigenvalue weighted by Crippen LogP contribution is 2.63. The first-order valence-electron chi connectivity index (χ1n) is 17.9. The van der Waals surface area contributed by atoms with E-state index in [1.54, 1.807) is 0 Å². The van der Waals surface area contributed by atoms with Crippen LogP contribution in [-0.4, -0.2) is 9.97 Å². The zero-order chi connectivity index (χ0) is 34.9. The van der Waals surface area contributed by atoms with Crippen LogP contribution in [0.3, 0.4) is 0 Å². The molecule has 53 heavy (non-hydrogen) atoms. The Hall–Kier alpha value is -7.04. The van der Waals surface area contributed by atoms with Crippen LogP contribution in [0.15, 0.2) is 187 Å². The van der Waals surface area contributed by atoms with E-state index in [9.17, 15) is 0 Å². The highest BCUT2D eigenvalue weighted by molar-refractivity contribution is 6.08. The molecule has 0 N–H and O–H groups in total. The molecule has 0 fully saturated rings. The van der Waals surface area contributed by atoms with Crippen LogP contribution >= 0.6 is 0 Å². The van der Waals surface area contributed by atoms with Gasteiger partial charge in [0.15, 0.2) is 5.82 Å². The molecule has 248 valence electrons. The van der Waals surface area contributed by atoms with E-state index in [-0.39, 0.29) is 0 Å². The third kappa shape index (κ3) is 4.36. The SMILES string of the molecule is c1ccc(-c2cc(-c3ccc(-c4cc5c(c6ccoc46)-c4ccccc4C54c5ccccc5Oc5ccccc54)cc3)nc(-c3ccccc3)n2)cc1. The fourth-order valence-corrected chi connectivity index (χ4v) is 8.58. The largest absolute Gasteiger partial charge is 0.464 e. The summed E-state index contributed by atoms with van der Waals surface area (Å²) in [5.74, 6) is 2.45. The summed E-state index contributed by atoms with van der Waals surface area (Å²) in [6, 6.07) is 61.5. The molecule has 4 nitrogen and oxygen atoms in total. The van der Waals surface area contributed by atoms with Crippen molar-refractivity contribution in [2.45, 2.75) is 5.41 Å². The molecule has 0 bridgehead atoms. The topological polar surface area (TPSA) is 48.2 Å². The molecule has 2 aromatic heterocycles. The molecule has 4 heteroatoms. The number of aromatic nitrogens is 2. The average molecular weight is 679 g/mol. The van der Waals surface area contributed by atoms with E-state index in [0.717, 1.165) is 72.8 Å². The van der Waals surface area contributed by atoms with Crippen LogP contribution in [0.25, 0.3) is 67.1 Å². The Morgan fingerprint density at radius 3 is 1.64 bits per heavy atom. The maximum absolute atomic E-state index is 6.58. The number of benzene rings is 7. The summed E-state index contributed by atoms with van der Waals surface area (Å²) in [5.41, 5.74) is 14.4. The minimum Gasteiger partial charge on any atom is -0.464 e. The fraction of sp³-hybridized carbons (Fsp3) is 0.0204. The number of para-hydroxylation sites is 2. The Morgan fingerprint density at radius 1 is 0.415 bits per heavy atom. The number of hydrogen-bond acceptors (Lipinski definition) is 4. The molecule has 9 aromatic rings. The van der Waals surface area contributed by atoms with Crippen molar-refractivity contribution in [3.8, 4) is 67.7 Å². The fourth-order valence-electron chi connectivity index (χ4n) is 8.58. The van der Waals surface area contributed by atoms with Gasteiger partial charge in [-0.15, -0.1) is 0 Å². The molecule has 0 unspecified atom stereocenters. The van der Waals surface area contributed by atoms with Gasteiger partial charge in [0.1, 0.15) is 17.1 Å². The predicted octanol–water partition coefficient (Wildman–Crippen LogP) is 12.4. The van der Waals surface area contributed by atoms with Gasteiger partial charge in [-0.25, -0.2) is 9.97 Å². The summed E-state index contributed by atoms with van der Waals surface area (Å²) in [7, 11) is 0. The molecular formula is C49H30N2O2. The van der Waals surface area contributed by atoms with E-state index in [1.165, 1.54) is 22.3 Å². The second-order valence-electron chi connectivity index (χ2n) is 13.7. The summed E-state index contributed by atoms with van der Waals surface area (Å²) in [4.78, 5) is 10.1. The molecule has 0 atom stereocenters. The van der Waals surface area contributed by atoms with Crippen LogP contribution in [0.1, 0.15) is 22.3 Å². The zero-order valence-electron chi connectivity index (χ0n) is 28.5. The number of furan rings is 1. The summed E-state index contributed by atoms with van der Waals surface area (Å²) < 4.78 is 12.9. The van der Waals surface area contributed by atoms with Crippen molar-refractivity contribution in [3.63, 3.8) is 0 Å². The maximum atomic E-state index is 6.58. The summed E-state index contributed by atoms with van der Waals surface area (Å²) in [6.45, 7) is 0. The van der Waals surface area contributed by atoms with Gasteiger partial charge in [-0.2, -0.15) is 0 Å². The molecule has 2 aliphatic rings. The van der Waals surface area contributed by atoms with E-state index in [4.69, 9.17) is 19.1 Å². The van der Waals surface area contributed by atoms with Crippen LogP contribution in [-0.2, 0) is 5.41 Å². The van der Waals surface area contributed by atoms with Gasteiger partial charge in [0.05, 0.1) is 23.1 Å². The quantitative estimate of drug-likeness (QED) is 0.186. The van der Waals surface area contributed by atoms with Gasteiger partial charge in [0.2, 0.25) is 0 Å². The second-order valence-corrected chi connectivity index (χ2v) is 13.7. The summed E-state index contributed by atoms with van der Waals surface area (Å²) in [5, 5.41) is 1.10. The van der Waals surface area contributed by atoms with Crippen molar-refractivity contribution in [2.24, 2.45) is 0 Å². The summed E-state index contributed by atoms with van der Waals surface area (Å²) >= 11 is 0. The van der Waals surface area contributed by atoms with Crippen LogP contribution in [0, 0.1) is 0 Å². The van der Waals surface area contributed by atoms with Gasteiger partial charge in [0, 0.05) is 38.8 Å². The average Bonchev–Trinajstić information content (AvgIpc) is 3.83. The smallest absolute Gasteiger partial charge is 0.160 e. The van der Waals surface area contributed by atoms with E-state index in [2.05, 4.69) is 140 Å².